The van der Waals surface area contributed by atoms with Gasteiger partial charge in [0.1, 0.15) is 18.2 Å². The van der Waals surface area contributed by atoms with Crippen LogP contribution in [0.2, 0.25) is 0 Å². The molecule has 3 N–H and O–H groups in total. The number of ether oxygens (including phenoxy) is 1. The van der Waals surface area contributed by atoms with E-state index in [0.29, 0.717) is 18.2 Å². The van der Waals surface area contributed by atoms with Crippen LogP contribution in [0.5, 0.6) is 0 Å². The van der Waals surface area contributed by atoms with Gasteiger partial charge in [0.25, 0.3) is 6.43 Å². The fourth-order valence-electron chi connectivity index (χ4n) is 0.861. The third-order valence-corrected chi connectivity index (χ3v) is 1.48. The van der Waals surface area contributed by atoms with Crippen LogP contribution in [0, 0.1) is 0 Å². The molecule has 84 valence electrons. The van der Waals surface area contributed by atoms with Crippen molar-refractivity contribution in [2.75, 3.05) is 30.8 Å². The van der Waals surface area contributed by atoms with Gasteiger partial charge in [-0.25, -0.2) is 8.78 Å². The van der Waals surface area contributed by atoms with Gasteiger partial charge in [-0.2, -0.15) is 0 Å². The number of halogens is 2. The molecule has 0 aliphatic heterocycles. The Bertz CT molecular complexity index is 280. The lowest BCUT2D eigenvalue weighted by Gasteiger charge is -2.05. The van der Waals surface area contributed by atoms with Crippen LogP contribution in [0.1, 0.15) is 0 Å². The second-order valence-electron chi connectivity index (χ2n) is 2.74. The van der Waals surface area contributed by atoms with Crippen LogP contribution in [0.4, 0.5) is 20.4 Å². The molecule has 0 aliphatic rings. The normalized spacial score (nSPS) is 10.6. The number of nitrogens with one attached hydrogen (secondary N) is 1. The molecule has 0 aromatic carbocycles. The van der Waals surface area contributed by atoms with Gasteiger partial charge in [-0.05, 0) is 12.1 Å². The molecule has 0 saturated carbocycles. The van der Waals surface area contributed by atoms with Crippen molar-refractivity contribution in [3.8, 4) is 0 Å². The predicted octanol–water partition coefficient (Wildman–Crippen LogP) is 0.752. The van der Waals surface area contributed by atoms with Gasteiger partial charge in [0.15, 0.2) is 0 Å². The van der Waals surface area contributed by atoms with Gasteiger partial charge >= 0.3 is 0 Å². The van der Waals surface area contributed by atoms with Crippen molar-refractivity contribution >= 4 is 11.6 Å². The Balaban J connectivity index is 2.12. The summed E-state index contributed by atoms with van der Waals surface area (Å²) < 4.78 is 28.0. The molecule has 0 amide bonds. The maximum atomic E-state index is 11.6. The summed E-state index contributed by atoms with van der Waals surface area (Å²) in [6, 6.07) is 3.24. The van der Waals surface area contributed by atoms with Gasteiger partial charge < -0.3 is 15.8 Å². The number of alkyl halides is 2. The Morgan fingerprint density at radius 1 is 1.40 bits per heavy atom. The first-order chi connectivity index (χ1) is 7.18. The molecule has 15 heavy (non-hydrogen) atoms. The fourth-order valence-corrected chi connectivity index (χ4v) is 0.861. The van der Waals surface area contributed by atoms with Gasteiger partial charge in [-0.15, -0.1) is 10.2 Å². The van der Waals surface area contributed by atoms with Crippen LogP contribution in [-0.4, -0.2) is 36.4 Å². The summed E-state index contributed by atoms with van der Waals surface area (Å²) in [5, 5.41) is 10.2. The molecule has 5 nitrogen and oxygen atoms in total. The van der Waals surface area contributed by atoms with E-state index in [0.717, 1.165) is 0 Å². The summed E-state index contributed by atoms with van der Waals surface area (Å²) >= 11 is 0. The van der Waals surface area contributed by atoms with Crippen LogP contribution in [0.25, 0.3) is 0 Å². The monoisotopic (exact) mass is 218 g/mol. The lowest BCUT2D eigenvalue weighted by atomic mass is 10.5. The van der Waals surface area contributed by atoms with E-state index >= 15 is 0 Å². The van der Waals surface area contributed by atoms with Gasteiger partial charge in [0.05, 0.1) is 6.61 Å². The zero-order valence-corrected chi connectivity index (χ0v) is 7.99. The molecule has 0 atom stereocenters. The Morgan fingerprint density at radius 2 is 2.20 bits per heavy atom. The second kappa shape index (κ2) is 6.07. The van der Waals surface area contributed by atoms with Gasteiger partial charge in [-0.3, -0.25) is 0 Å². The Morgan fingerprint density at radius 3 is 2.80 bits per heavy atom. The molecule has 0 fully saturated rings. The molecule has 1 heterocycles. The molecule has 1 aromatic heterocycles. The van der Waals surface area contributed by atoms with Crippen molar-refractivity contribution in [3.63, 3.8) is 0 Å². The number of aromatic nitrogens is 2. The van der Waals surface area contributed by atoms with E-state index in [4.69, 9.17) is 5.73 Å². The van der Waals surface area contributed by atoms with E-state index in [-0.39, 0.29) is 6.61 Å². The van der Waals surface area contributed by atoms with Gasteiger partial charge in [-0.1, -0.05) is 0 Å². The number of hydrogen-bond donors (Lipinski definition) is 2. The first kappa shape index (κ1) is 11.6. The fraction of sp³-hybridized carbons (Fsp3) is 0.500. The Hall–Kier alpha value is -1.50. The summed E-state index contributed by atoms with van der Waals surface area (Å²) in [6.45, 7) is 0.0385. The van der Waals surface area contributed by atoms with Crippen LogP contribution >= 0.6 is 0 Å². The predicted molar refractivity (Wildman–Crippen MR) is 51.8 cm³/mol. The molecule has 1 aromatic rings. The standard InChI is InChI=1S/C8H12F2N4O/c9-6(10)5-15-4-3-12-8-2-1-7(11)13-14-8/h1-2,6H,3-5H2,(H2,11,13)(H,12,14). The highest BCUT2D eigenvalue weighted by molar-refractivity contribution is 5.38. The number of nitrogens with two attached hydrogens (primary N) is 1. The molecule has 0 saturated heterocycles. The number of rotatable bonds is 6. The molecular weight excluding hydrogens is 206 g/mol. The van der Waals surface area contributed by atoms with Gasteiger partial charge in [0.2, 0.25) is 0 Å². The molecule has 0 bridgehead atoms. The number of nitrogen functional groups attached to an aromatic ring is 1. The number of nitrogens with zero attached hydrogens (tertiary/aromatic N) is 2. The van der Waals surface area contributed by atoms with Crippen molar-refractivity contribution in [2.24, 2.45) is 0 Å². The zero-order valence-electron chi connectivity index (χ0n) is 7.99. The SMILES string of the molecule is Nc1ccc(NCCOCC(F)F)nn1. The van der Waals surface area contributed by atoms with Crippen molar-refractivity contribution in [1.82, 2.24) is 10.2 Å². The van der Waals surface area contributed by atoms with Crippen LogP contribution in [0.15, 0.2) is 12.1 Å². The molecule has 0 spiro atoms. The summed E-state index contributed by atoms with van der Waals surface area (Å²) in [5.74, 6) is 0.861. The number of hydrogen-bond acceptors (Lipinski definition) is 5. The lowest BCUT2D eigenvalue weighted by molar-refractivity contribution is 0.0214. The summed E-state index contributed by atoms with van der Waals surface area (Å²) in [4.78, 5) is 0. The molecule has 1 rings (SSSR count). The van der Waals surface area contributed by atoms with E-state index in [1.165, 1.54) is 0 Å². The first-order valence-corrected chi connectivity index (χ1v) is 4.37. The minimum Gasteiger partial charge on any atom is -0.382 e. The van der Waals surface area contributed by atoms with Crippen molar-refractivity contribution in [2.45, 2.75) is 6.43 Å². The molecule has 0 aliphatic carbocycles. The first-order valence-electron chi connectivity index (χ1n) is 4.37. The molecule has 0 radical (unpaired) electrons. The highest BCUT2D eigenvalue weighted by atomic mass is 19.3. The second-order valence-corrected chi connectivity index (χ2v) is 2.74. The summed E-state index contributed by atoms with van der Waals surface area (Å²) in [6.07, 6.45) is -2.43. The largest absolute Gasteiger partial charge is 0.382 e. The third-order valence-electron chi connectivity index (χ3n) is 1.48. The maximum absolute atomic E-state index is 11.6. The van der Waals surface area contributed by atoms with E-state index < -0.39 is 13.0 Å². The van der Waals surface area contributed by atoms with E-state index in [9.17, 15) is 8.78 Å². The maximum Gasteiger partial charge on any atom is 0.261 e. The summed E-state index contributed by atoms with van der Waals surface area (Å²) in [7, 11) is 0. The van der Waals surface area contributed by atoms with Crippen molar-refractivity contribution in [1.29, 1.82) is 0 Å². The van der Waals surface area contributed by atoms with Crippen LogP contribution in [-0.2, 0) is 4.74 Å². The smallest absolute Gasteiger partial charge is 0.261 e. The van der Waals surface area contributed by atoms with Gasteiger partial charge in [0, 0.05) is 6.54 Å². The van der Waals surface area contributed by atoms with E-state index in [1.807, 2.05) is 0 Å². The number of anilines is 2. The van der Waals surface area contributed by atoms with Crippen molar-refractivity contribution < 1.29 is 13.5 Å². The highest BCUT2D eigenvalue weighted by Crippen LogP contribution is 2.01. The van der Waals surface area contributed by atoms with E-state index in [2.05, 4.69) is 20.3 Å². The molecular formula is C8H12F2N4O. The topological polar surface area (TPSA) is 73.1 Å². The molecule has 0 unspecified atom stereocenters. The minimum atomic E-state index is -2.43. The average Bonchev–Trinajstić information content (AvgIpc) is 2.20. The third kappa shape index (κ3) is 5.06. The average molecular weight is 218 g/mol. The lowest BCUT2D eigenvalue weighted by Crippen LogP contribution is -2.14. The minimum absolute atomic E-state index is 0.191. The van der Waals surface area contributed by atoms with Crippen molar-refractivity contribution in [3.05, 3.63) is 12.1 Å². The molecule has 7 heteroatoms. The highest BCUT2D eigenvalue weighted by Gasteiger charge is 2.01. The van der Waals surface area contributed by atoms with Crippen LogP contribution < -0.4 is 11.1 Å². The Kier molecular flexibility index (Phi) is 4.69. The van der Waals surface area contributed by atoms with Crippen LogP contribution in [0.3, 0.4) is 0 Å². The zero-order chi connectivity index (χ0) is 11.1. The Labute approximate surface area is 85.6 Å². The van der Waals surface area contributed by atoms with E-state index in [1.54, 1.807) is 12.1 Å². The quantitative estimate of drug-likeness (QED) is 0.689. The summed E-state index contributed by atoms with van der Waals surface area (Å²) in [5.41, 5.74) is 5.33.